The van der Waals surface area contributed by atoms with Crippen molar-refractivity contribution in [2.75, 3.05) is 25.1 Å². The van der Waals surface area contributed by atoms with Crippen LogP contribution in [0.25, 0.3) is 0 Å². The Morgan fingerprint density at radius 3 is 2.44 bits per heavy atom. The van der Waals surface area contributed by atoms with E-state index >= 15 is 0 Å². The van der Waals surface area contributed by atoms with Gasteiger partial charge in [-0.1, -0.05) is 54.1 Å². The molecule has 224 valence electrons. The van der Waals surface area contributed by atoms with Crippen LogP contribution in [0, 0.1) is 0 Å². The minimum absolute atomic E-state index is 0.0565. The third kappa shape index (κ3) is 7.52. The summed E-state index contributed by atoms with van der Waals surface area (Å²) in [5, 5.41) is 6.24. The van der Waals surface area contributed by atoms with Crippen LogP contribution >= 0.6 is 11.6 Å². The number of carbonyl (C=O) groups is 4. The highest BCUT2D eigenvalue weighted by Gasteiger charge is 2.41. The standard InChI is InChI=1S/C32H33ClN4O6/c1-42-32(41)35-16-22-9-14-27(33)24(15-22)19-36(25-12-13-25)30(39)28-17-34-18-29(38)37(28)26-10-7-21(8-11-26)20-43-31(40)23-5-3-2-4-6-23/h2-11,14-15,25,28,34H,12-13,16-20H2,1H3,(H,35,41)/t28-/m1/s1. The number of carbonyl (C=O) groups excluding carboxylic acids is 4. The highest BCUT2D eigenvalue weighted by Crippen LogP contribution is 2.32. The number of piperazine rings is 1. The van der Waals surface area contributed by atoms with Crippen LogP contribution in [0.5, 0.6) is 0 Å². The number of rotatable bonds is 10. The van der Waals surface area contributed by atoms with Crippen LogP contribution in [-0.4, -0.2) is 61.1 Å². The molecule has 10 nitrogen and oxygen atoms in total. The molecule has 0 unspecified atom stereocenters. The molecule has 3 amide bonds. The van der Waals surface area contributed by atoms with Crippen molar-refractivity contribution in [1.29, 1.82) is 0 Å². The van der Waals surface area contributed by atoms with Gasteiger partial charge in [-0.2, -0.15) is 0 Å². The molecule has 0 radical (unpaired) electrons. The van der Waals surface area contributed by atoms with Gasteiger partial charge in [0.1, 0.15) is 12.6 Å². The molecule has 3 aromatic carbocycles. The number of amides is 3. The number of anilines is 1. The Labute approximate surface area is 254 Å². The van der Waals surface area contributed by atoms with Gasteiger partial charge in [0.2, 0.25) is 11.8 Å². The second kappa shape index (κ2) is 13.7. The smallest absolute Gasteiger partial charge is 0.407 e. The molecule has 0 aromatic heterocycles. The van der Waals surface area contributed by atoms with E-state index in [1.807, 2.05) is 18.2 Å². The van der Waals surface area contributed by atoms with Crippen molar-refractivity contribution in [3.63, 3.8) is 0 Å². The molecule has 43 heavy (non-hydrogen) atoms. The summed E-state index contributed by atoms with van der Waals surface area (Å²) in [7, 11) is 1.30. The van der Waals surface area contributed by atoms with Gasteiger partial charge in [0, 0.05) is 36.4 Å². The molecule has 11 heteroatoms. The molecule has 1 heterocycles. The van der Waals surface area contributed by atoms with Crippen LogP contribution in [0.3, 0.4) is 0 Å². The van der Waals surface area contributed by atoms with Crippen molar-refractivity contribution in [1.82, 2.24) is 15.5 Å². The van der Waals surface area contributed by atoms with Crippen molar-refractivity contribution in [3.8, 4) is 0 Å². The fraction of sp³-hybridized carbons (Fsp3) is 0.312. The van der Waals surface area contributed by atoms with Crippen LogP contribution in [0.4, 0.5) is 10.5 Å². The van der Waals surface area contributed by atoms with Crippen LogP contribution in [-0.2, 0) is 38.8 Å². The third-order valence-corrected chi connectivity index (χ3v) is 7.79. The van der Waals surface area contributed by atoms with Crippen molar-refractivity contribution in [2.24, 2.45) is 0 Å². The van der Waals surface area contributed by atoms with Gasteiger partial charge in [0.25, 0.3) is 0 Å². The topological polar surface area (TPSA) is 117 Å². The largest absolute Gasteiger partial charge is 0.457 e. The van der Waals surface area contributed by atoms with E-state index in [0.717, 1.165) is 29.5 Å². The molecule has 2 fully saturated rings. The molecule has 2 N–H and O–H groups in total. The predicted molar refractivity (Wildman–Crippen MR) is 160 cm³/mol. The Morgan fingerprint density at radius 2 is 1.74 bits per heavy atom. The second-order valence-electron chi connectivity index (χ2n) is 10.5. The zero-order valence-electron chi connectivity index (χ0n) is 23.8. The van der Waals surface area contributed by atoms with E-state index in [4.69, 9.17) is 16.3 Å². The average Bonchev–Trinajstić information content (AvgIpc) is 3.88. The zero-order valence-corrected chi connectivity index (χ0v) is 24.5. The van der Waals surface area contributed by atoms with Crippen LogP contribution in [0.15, 0.2) is 72.8 Å². The molecule has 1 saturated carbocycles. The van der Waals surface area contributed by atoms with Crippen LogP contribution < -0.4 is 15.5 Å². The number of alkyl carbamates (subject to hydrolysis) is 1. The number of esters is 1. The molecule has 3 aromatic rings. The summed E-state index contributed by atoms with van der Waals surface area (Å²) in [6.07, 6.45) is 1.21. The quantitative estimate of drug-likeness (QED) is 0.335. The van der Waals surface area contributed by atoms with Crippen molar-refractivity contribution in [2.45, 2.75) is 44.6 Å². The van der Waals surface area contributed by atoms with E-state index in [2.05, 4.69) is 15.4 Å². The SMILES string of the molecule is COC(=O)NCc1ccc(Cl)c(CN(C(=O)[C@H]2CNCC(=O)N2c2ccc(COC(=O)c3ccccc3)cc2)C2CC2)c1. The predicted octanol–water partition coefficient (Wildman–Crippen LogP) is 4.05. The lowest BCUT2D eigenvalue weighted by Crippen LogP contribution is -2.61. The molecule has 1 aliphatic heterocycles. The van der Waals surface area contributed by atoms with Gasteiger partial charge in [-0.3, -0.25) is 14.5 Å². The molecule has 2 aliphatic rings. The Kier molecular flexibility index (Phi) is 9.58. The number of nitrogens with zero attached hydrogens (tertiary/aromatic N) is 2. The Hall–Kier alpha value is -4.41. The lowest BCUT2D eigenvalue weighted by atomic mass is 10.1. The van der Waals surface area contributed by atoms with Crippen molar-refractivity contribution < 1.29 is 28.7 Å². The Balaban J connectivity index is 1.29. The number of benzene rings is 3. The maximum atomic E-state index is 14.1. The first kappa shape index (κ1) is 30.1. The fourth-order valence-electron chi connectivity index (χ4n) is 5.00. The summed E-state index contributed by atoms with van der Waals surface area (Å²) in [4.78, 5) is 54.4. The van der Waals surface area contributed by atoms with E-state index in [1.165, 1.54) is 7.11 Å². The van der Waals surface area contributed by atoms with Gasteiger partial charge < -0.3 is 25.0 Å². The molecule has 1 atom stereocenters. The molecular formula is C32H33ClN4O6. The molecule has 1 saturated heterocycles. The summed E-state index contributed by atoms with van der Waals surface area (Å²) in [6.45, 7) is 1.03. The summed E-state index contributed by atoms with van der Waals surface area (Å²) in [5.74, 6) is -0.797. The minimum Gasteiger partial charge on any atom is -0.457 e. The van der Waals surface area contributed by atoms with E-state index in [1.54, 1.807) is 64.4 Å². The van der Waals surface area contributed by atoms with E-state index in [0.29, 0.717) is 22.8 Å². The number of methoxy groups -OCH3 is 1. The van der Waals surface area contributed by atoms with Gasteiger partial charge in [-0.05, 0) is 59.9 Å². The zero-order chi connectivity index (χ0) is 30.3. The maximum Gasteiger partial charge on any atom is 0.407 e. The number of halogens is 1. The Morgan fingerprint density at radius 1 is 1.02 bits per heavy atom. The first-order valence-corrected chi connectivity index (χ1v) is 14.5. The summed E-state index contributed by atoms with van der Waals surface area (Å²) >= 11 is 6.53. The fourth-order valence-corrected chi connectivity index (χ4v) is 5.18. The van der Waals surface area contributed by atoms with E-state index < -0.39 is 18.1 Å². The van der Waals surface area contributed by atoms with E-state index in [9.17, 15) is 19.2 Å². The van der Waals surface area contributed by atoms with E-state index in [-0.39, 0.29) is 44.1 Å². The van der Waals surface area contributed by atoms with Crippen molar-refractivity contribution >= 4 is 41.2 Å². The van der Waals surface area contributed by atoms with Crippen LogP contribution in [0.1, 0.15) is 39.9 Å². The lowest BCUT2D eigenvalue weighted by Gasteiger charge is -2.38. The number of hydrogen-bond acceptors (Lipinski definition) is 7. The first-order chi connectivity index (χ1) is 20.8. The Bertz CT molecular complexity index is 1480. The van der Waals surface area contributed by atoms with Crippen molar-refractivity contribution in [3.05, 3.63) is 100 Å². The number of nitrogens with one attached hydrogen (secondary N) is 2. The summed E-state index contributed by atoms with van der Waals surface area (Å²) in [5.41, 5.74) is 3.39. The van der Waals surface area contributed by atoms with Gasteiger partial charge >= 0.3 is 12.1 Å². The first-order valence-electron chi connectivity index (χ1n) is 14.1. The molecular weight excluding hydrogens is 572 g/mol. The average molecular weight is 605 g/mol. The lowest BCUT2D eigenvalue weighted by molar-refractivity contribution is -0.136. The van der Waals surface area contributed by atoms with Gasteiger partial charge in [-0.25, -0.2) is 9.59 Å². The molecule has 0 spiro atoms. The van der Waals surface area contributed by atoms with Gasteiger partial charge in [0.05, 0.1) is 19.2 Å². The minimum atomic E-state index is -0.744. The van der Waals surface area contributed by atoms with Gasteiger partial charge in [-0.15, -0.1) is 0 Å². The maximum absolute atomic E-state index is 14.1. The number of hydrogen-bond donors (Lipinski definition) is 2. The third-order valence-electron chi connectivity index (χ3n) is 7.42. The molecule has 5 rings (SSSR count). The normalized spacial score (nSPS) is 16.4. The monoisotopic (exact) mass is 604 g/mol. The second-order valence-corrected chi connectivity index (χ2v) is 10.9. The summed E-state index contributed by atoms with van der Waals surface area (Å²) < 4.78 is 10.1. The van der Waals surface area contributed by atoms with Crippen LogP contribution in [0.2, 0.25) is 5.02 Å². The molecule has 0 bridgehead atoms. The highest BCUT2D eigenvalue weighted by molar-refractivity contribution is 6.31. The molecule has 1 aliphatic carbocycles. The van der Waals surface area contributed by atoms with Gasteiger partial charge in [0.15, 0.2) is 0 Å². The number of ether oxygens (including phenoxy) is 2. The summed E-state index contributed by atoms with van der Waals surface area (Å²) in [6, 6.07) is 20.6. The highest BCUT2D eigenvalue weighted by atomic mass is 35.5.